The van der Waals surface area contributed by atoms with Crippen LogP contribution in [-0.2, 0) is 28.9 Å². The lowest BCUT2D eigenvalue weighted by atomic mass is 10.0. The minimum Gasteiger partial charge on any atom is -0.466 e. The maximum Gasteiger partial charge on any atom is 0.330 e. The maximum atomic E-state index is 11.4. The van der Waals surface area contributed by atoms with Gasteiger partial charge in [0.05, 0.1) is 13.7 Å². The number of esters is 1. The highest BCUT2D eigenvalue weighted by molar-refractivity contribution is 5.87. The zero-order valence-corrected chi connectivity index (χ0v) is 18.8. The van der Waals surface area contributed by atoms with Crippen molar-refractivity contribution < 1.29 is 9.53 Å². The molecule has 2 N–H and O–H groups in total. The van der Waals surface area contributed by atoms with Crippen LogP contribution in [0.2, 0.25) is 0 Å². The maximum absolute atomic E-state index is 11.4. The highest BCUT2D eigenvalue weighted by atomic mass is 16.5. The molecule has 1 unspecified atom stereocenters. The Kier molecular flexibility index (Phi) is 6.09. The van der Waals surface area contributed by atoms with Crippen molar-refractivity contribution >= 4 is 22.9 Å². The number of hydrogen-bond acceptors (Lipinski definition) is 4. The van der Waals surface area contributed by atoms with E-state index in [0.717, 1.165) is 43.7 Å². The first-order valence-electron chi connectivity index (χ1n) is 11.4. The number of ether oxygens (including phenoxy) is 1. The SMILES string of the molecule is COC(=O)C=Cc1ccc2c(c1)CCC2N(CCc1c[nH]c2ccccc12)Cc1ncc[nH]1. The summed E-state index contributed by atoms with van der Waals surface area (Å²) in [6.07, 6.45) is 12.2. The average Bonchev–Trinajstić information content (AvgIpc) is 3.60. The van der Waals surface area contributed by atoms with Crippen molar-refractivity contribution in [1.29, 1.82) is 0 Å². The Balaban J connectivity index is 1.37. The van der Waals surface area contributed by atoms with Gasteiger partial charge in [-0.15, -0.1) is 0 Å². The number of nitrogens with one attached hydrogen (secondary N) is 2. The number of aryl methyl sites for hydroxylation is 1. The van der Waals surface area contributed by atoms with Gasteiger partial charge >= 0.3 is 5.97 Å². The summed E-state index contributed by atoms with van der Waals surface area (Å²) >= 11 is 0. The monoisotopic (exact) mass is 440 g/mol. The van der Waals surface area contributed by atoms with Gasteiger partial charge in [0.2, 0.25) is 0 Å². The summed E-state index contributed by atoms with van der Waals surface area (Å²) < 4.78 is 4.70. The third-order valence-corrected chi connectivity index (χ3v) is 6.52. The van der Waals surface area contributed by atoms with E-state index in [0.29, 0.717) is 6.04 Å². The third kappa shape index (κ3) is 4.61. The van der Waals surface area contributed by atoms with E-state index >= 15 is 0 Å². The number of fused-ring (bicyclic) bond motifs is 2. The summed E-state index contributed by atoms with van der Waals surface area (Å²) in [7, 11) is 1.39. The fraction of sp³-hybridized carbons (Fsp3) is 0.259. The number of H-pyrrole nitrogens is 2. The van der Waals surface area contributed by atoms with E-state index < -0.39 is 0 Å². The van der Waals surface area contributed by atoms with Crippen LogP contribution in [-0.4, -0.2) is 39.5 Å². The highest BCUT2D eigenvalue weighted by Crippen LogP contribution is 2.37. The number of methoxy groups -OCH3 is 1. The number of aromatic amines is 2. The first-order valence-corrected chi connectivity index (χ1v) is 11.4. The molecule has 4 aromatic rings. The lowest BCUT2D eigenvalue weighted by Gasteiger charge is -2.29. The van der Waals surface area contributed by atoms with Gasteiger partial charge in [-0.1, -0.05) is 36.4 Å². The van der Waals surface area contributed by atoms with E-state index in [4.69, 9.17) is 4.74 Å². The summed E-state index contributed by atoms with van der Waals surface area (Å²) in [6.45, 7) is 1.72. The van der Waals surface area contributed by atoms with Gasteiger partial charge in [0.25, 0.3) is 0 Å². The quantitative estimate of drug-likeness (QED) is 0.305. The Hall–Kier alpha value is -3.64. The summed E-state index contributed by atoms with van der Waals surface area (Å²) in [4.78, 5) is 25.1. The first kappa shape index (κ1) is 21.2. The second kappa shape index (κ2) is 9.46. The molecule has 0 bridgehead atoms. The van der Waals surface area contributed by atoms with Crippen LogP contribution in [0.3, 0.4) is 0 Å². The number of rotatable bonds is 8. The van der Waals surface area contributed by atoms with E-state index in [9.17, 15) is 4.79 Å². The Labute approximate surface area is 193 Å². The van der Waals surface area contributed by atoms with Crippen LogP contribution in [0.25, 0.3) is 17.0 Å². The van der Waals surface area contributed by atoms with E-state index in [2.05, 4.69) is 68.5 Å². The van der Waals surface area contributed by atoms with Gasteiger partial charge in [-0.25, -0.2) is 9.78 Å². The van der Waals surface area contributed by atoms with E-state index in [1.54, 1.807) is 0 Å². The second-order valence-electron chi connectivity index (χ2n) is 8.49. The molecule has 0 saturated carbocycles. The van der Waals surface area contributed by atoms with Crippen LogP contribution in [0, 0.1) is 0 Å². The molecule has 168 valence electrons. The van der Waals surface area contributed by atoms with Crippen molar-refractivity contribution in [3.63, 3.8) is 0 Å². The molecule has 2 aromatic carbocycles. The van der Waals surface area contributed by atoms with Crippen LogP contribution < -0.4 is 0 Å². The molecule has 1 aliphatic rings. The predicted molar refractivity (Wildman–Crippen MR) is 130 cm³/mol. The Bertz CT molecular complexity index is 1270. The summed E-state index contributed by atoms with van der Waals surface area (Å²) in [5.74, 6) is 0.648. The molecule has 1 atom stereocenters. The van der Waals surface area contributed by atoms with Crippen LogP contribution >= 0.6 is 0 Å². The van der Waals surface area contributed by atoms with Crippen LogP contribution in [0.5, 0.6) is 0 Å². The summed E-state index contributed by atoms with van der Waals surface area (Å²) in [5.41, 5.74) is 6.27. The molecule has 6 heteroatoms. The topological polar surface area (TPSA) is 74.0 Å². The molecule has 1 aliphatic carbocycles. The number of para-hydroxylation sites is 1. The zero-order valence-electron chi connectivity index (χ0n) is 18.8. The minimum absolute atomic E-state index is 0.338. The number of nitrogens with zero attached hydrogens (tertiary/aromatic N) is 2. The van der Waals surface area contributed by atoms with Crippen molar-refractivity contribution in [2.45, 2.75) is 31.8 Å². The number of carbonyl (C=O) groups is 1. The molecule has 33 heavy (non-hydrogen) atoms. The molecule has 0 fully saturated rings. The Morgan fingerprint density at radius 1 is 1.24 bits per heavy atom. The van der Waals surface area contributed by atoms with E-state index in [-0.39, 0.29) is 5.97 Å². The minimum atomic E-state index is -0.338. The number of aromatic nitrogens is 3. The van der Waals surface area contributed by atoms with Crippen molar-refractivity contribution in [3.05, 3.63) is 95.2 Å². The molecule has 2 aromatic heterocycles. The van der Waals surface area contributed by atoms with Gasteiger partial charge in [0, 0.05) is 48.2 Å². The van der Waals surface area contributed by atoms with Gasteiger partial charge in [-0.3, -0.25) is 4.90 Å². The van der Waals surface area contributed by atoms with Crippen LogP contribution in [0.1, 0.15) is 40.5 Å². The molecular weight excluding hydrogens is 412 g/mol. The molecule has 2 heterocycles. The highest BCUT2D eigenvalue weighted by Gasteiger charge is 2.28. The summed E-state index contributed by atoms with van der Waals surface area (Å²) in [6, 6.07) is 15.3. The number of hydrogen-bond donors (Lipinski definition) is 2. The lowest BCUT2D eigenvalue weighted by Crippen LogP contribution is -2.29. The fourth-order valence-electron chi connectivity index (χ4n) is 4.85. The average molecular weight is 441 g/mol. The summed E-state index contributed by atoms with van der Waals surface area (Å²) in [5, 5.41) is 1.30. The van der Waals surface area contributed by atoms with Gasteiger partial charge in [-0.05, 0) is 53.7 Å². The largest absolute Gasteiger partial charge is 0.466 e. The first-order chi connectivity index (χ1) is 16.2. The van der Waals surface area contributed by atoms with Crippen molar-refractivity contribution in [2.24, 2.45) is 0 Å². The van der Waals surface area contributed by atoms with E-state index in [1.807, 2.05) is 18.5 Å². The van der Waals surface area contributed by atoms with Gasteiger partial charge in [-0.2, -0.15) is 0 Å². The smallest absolute Gasteiger partial charge is 0.330 e. The normalized spacial score (nSPS) is 15.5. The van der Waals surface area contributed by atoms with Crippen LogP contribution in [0.4, 0.5) is 0 Å². The molecular formula is C27H28N4O2. The second-order valence-corrected chi connectivity index (χ2v) is 8.49. The molecule has 0 radical (unpaired) electrons. The zero-order chi connectivity index (χ0) is 22.6. The van der Waals surface area contributed by atoms with Gasteiger partial charge in [0.15, 0.2) is 0 Å². The van der Waals surface area contributed by atoms with Crippen LogP contribution in [0.15, 0.2) is 67.1 Å². The number of benzene rings is 2. The lowest BCUT2D eigenvalue weighted by molar-refractivity contribution is -0.134. The predicted octanol–water partition coefficient (Wildman–Crippen LogP) is 4.81. The van der Waals surface area contributed by atoms with Gasteiger partial charge in [0.1, 0.15) is 5.82 Å². The molecule has 0 aliphatic heterocycles. The Morgan fingerprint density at radius 2 is 2.15 bits per heavy atom. The third-order valence-electron chi connectivity index (χ3n) is 6.52. The standard InChI is InChI=1S/C27H28N4O2/c1-33-27(32)11-7-19-6-9-23-20(16-19)8-10-25(23)31(18-26-28-13-14-29-26)15-12-21-17-30-24-5-3-2-4-22(21)24/h2-7,9,11,13-14,16-17,25,30H,8,10,12,15,18H2,1H3,(H,28,29). The molecule has 0 spiro atoms. The molecule has 6 nitrogen and oxygen atoms in total. The van der Waals surface area contributed by atoms with Crippen molar-refractivity contribution in [1.82, 2.24) is 19.9 Å². The number of carbonyl (C=O) groups excluding carboxylic acids is 1. The van der Waals surface area contributed by atoms with Crippen molar-refractivity contribution in [3.8, 4) is 0 Å². The molecule has 0 amide bonds. The number of imidazole rings is 1. The van der Waals surface area contributed by atoms with Gasteiger partial charge < -0.3 is 14.7 Å². The van der Waals surface area contributed by atoms with E-state index in [1.165, 1.54) is 40.8 Å². The molecule has 0 saturated heterocycles. The van der Waals surface area contributed by atoms with Crippen molar-refractivity contribution in [2.75, 3.05) is 13.7 Å². The Morgan fingerprint density at radius 3 is 3.00 bits per heavy atom. The fourth-order valence-corrected chi connectivity index (χ4v) is 4.85. The molecule has 5 rings (SSSR count).